The lowest BCUT2D eigenvalue weighted by Gasteiger charge is -2.23. The summed E-state index contributed by atoms with van der Waals surface area (Å²) in [5, 5.41) is 8.65. The second-order valence-corrected chi connectivity index (χ2v) is 4.68. The molecule has 0 radical (unpaired) electrons. The SMILES string of the molecule is CCN(CCC#N)c1ccc(C(C)C)c(C)c1. The van der Waals surface area contributed by atoms with Crippen LogP contribution in [0, 0.1) is 18.3 Å². The van der Waals surface area contributed by atoms with Gasteiger partial charge in [-0.05, 0) is 43.0 Å². The van der Waals surface area contributed by atoms with Crippen molar-refractivity contribution in [3.8, 4) is 6.07 Å². The summed E-state index contributed by atoms with van der Waals surface area (Å²) in [6, 6.07) is 8.82. The van der Waals surface area contributed by atoms with Gasteiger partial charge in [-0.1, -0.05) is 19.9 Å². The van der Waals surface area contributed by atoms with Crippen molar-refractivity contribution < 1.29 is 0 Å². The van der Waals surface area contributed by atoms with Crippen molar-refractivity contribution in [2.24, 2.45) is 0 Å². The van der Waals surface area contributed by atoms with Crippen LogP contribution in [0.4, 0.5) is 5.69 Å². The Morgan fingerprint density at radius 2 is 2.06 bits per heavy atom. The topological polar surface area (TPSA) is 27.0 Å². The molecule has 2 heteroatoms. The Morgan fingerprint density at radius 1 is 1.35 bits per heavy atom. The number of nitrogens with zero attached hydrogens (tertiary/aromatic N) is 2. The molecule has 0 aliphatic carbocycles. The van der Waals surface area contributed by atoms with Crippen LogP contribution in [-0.4, -0.2) is 13.1 Å². The van der Waals surface area contributed by atoms with Crippen molar-refractivity contribution in [2.45, 2.75) is 40.0 Å². The van der Waals surface area contributed by atoms with Crippen molar-refractivity contribution in [1.82, 2.24) is 0 Å². The largest absolute Gasteiger partial charge is 0.371 e. The number of hydrogen-bond donors (Lipinski definition) is 0. The van der Waals surface area contributed by atoms with Gasteiger partial charge in [-0.3, -0.25) is 0 Å². The summed E-state index contributed by atoms with van der Waals surface area (Å²) in [6.07, 6.45) is 0.582. The summed E-state index contributed by atoms with van der Waals surface area (Å²) < 4.78 is 0. The van der Waals surface area contributed by atoms with Gasteiger partial charge in [0.2, 0.25) is 0 Å². The zero-order valence-corrected chi connectivity index (χ0v) is 11.3. The molecular weight excluding hydrogens is 208 g/mol. The van der Waals surface area contributed by atoms with Crippen LogP contribution in [0.5, 0.6) is 0 Å². The predicted octanol–water partition coefficient (Wildman–Crippen LogP) is 3.86. The first-order chi connectivity index (χ1) is 8.10. The van der Waals surface area contributed by atoms with Crippen LogP contribution in [0.2, 0.25) is 0 Å². The van der Waals surface area contributed by atoms with Crippen LogP contribution >= 0.6 is 0 Å². The second kappa shape index (κ2) is 6.30. The van der Waals surface area contributed by atoms with E-state index >= 15 is 0 Å². The van der Waals surface area contributed by atoms with Gasteiger partial charge in [0.25, 0.3) is 0 Å². The van der Waals surface area contributed by atoms with Gasteiger partial charge in [-0.25, -0.2) is 0 Å². The zero-order chi connectivity index (χ0) is 12.8. The summed E-state index contributed by atoms with van der Waals surface area (Å²) in [6.45, 7) is 10.5. The normalized spacial score (nSPS) is 10.4. The maximum absolute atomic E-state index is 8.65. The molecule has 0 heterocycles. The molecule has 0 aliphatic heterocycles. The minimum Gasteiger partial charge on any atom is -0.371 e. The molecule has 0 aromatic heterocycles. The number of benzene rings is 1. The lowest BCUT2D eigenvalue weighted by Crippen LogP contribution is -2.23. The van der Waals surface area contributed by atoms with Crippen LogP contribution in [0.1, 0.15) is 44.2 Å². The van der Waals surface area contributed by atoms with Crippen molar-refractivity contribution in [1.29, 1.82) is 5.26 Å². The second-order valence-electron chi connectivity index (χ2n) is 4.68. The maximum Gasteiger partial charge on any atom is 0.0640 e. The summed E-state index contributed by atoms with van der Waals surface area (Å²) in [7, 11) is 0. The van der Waals surface area contributed by atoms with Crippen LogP contribution in [0.3, 0.4) is 0 Å². The Kier molecular flexibility index (Phi) is 5.03. The van der Waals surface area contributed by atoms with Crippen molar-refractivity contribution in [3.63, 3.8) is 0 Å². The van der Waals surface area contributed by atoms with E-state index in [-0.39, 0.29) is 0 Å². The molecule has 0 spiro atoms. The molecule has 0 N–H and O–H groups in total. The van der Waals surface area contributed by atoms with Gasteiger partial charge in [0.15, 0.2) is 0 Å². The first kappa shape index (κ1) is 13.6. The van der Waals surface area contributed by atoms with Crippen LogP contribution in [-0.2, 0) is 0 Å². The summed E-state index contributed by atoms with van der Waals surface area (Å²) in [5.74, 6) is 0.568. The Hall–Kier alpha value is -1.49. The molecule has 1 aromatic carbocycles. The minimum absolute atomic E-state index is 0.568. The highest BCUT2D eigenvalue weighted by atomic mass is 15.1. The number of hydrogen-bond acceptors (Lipinski definition) is 2. The Labute approximate surface area is 105 Å². The maximum atomic E-state index is 8.65. The summed E-state index contributed by atoms with van der Waals surface area (Å²) in [4.78, 5) is 2.25. The average molecular weight is 230 g/mol. The molecule has 0 bridgehead atoms. The van der Waals surface area contributed by atoms with Gasteiger partial charge < -0.3 is 4.90 Å². The molecule has 2 nitrogen and oxygen atoms in total. The molecule has 92 valence electrons. The third-order valence-corrected chi connectivity index (χ3v) is 3.12. The quantitative estimate of drug-likeness (QED) is 0.768. The van der Waals surface area contributed by atoms with Gasteiger partial charge in [0.05, 0.1) is 12.5 Å². The van der Waals surface area contributed by atoms with Gasteiger partial charge in [-0.15, -0.1) is 0 Å². The van der Waals surface area contributed by atoms with Gasteiger partial charge in [0.1, 0.15) is 0 Å². The molecule has 1 aromatic rings. The molecule has 0 amide bonds. The number of rotatable bonds is 5. The molecule has 0 fully saturated rings. The van der Waals surface area contributed by atoms with Crippen LogP contribution in [0.15, 0.2) is 18.2 Å². The first-order valence-corrected chi connectivity index (χ1v) is 6.32. The van der Waals surface area contributed by atoms with Crippen molar-refractivity contribution in [3.05, 3.63) is 29.3 Å². The molecule has 0 aliphatic rings. The highest BCUT2D eigenvalue weighted by molar-refractivity contribution is 5.51. The molecular formula is C15H22N2. The van der Waals surface area contributed by atoms with E-state index in [9.17, 15) is 0 Å². The fraction of sp³-hybridized carbons (Fsp3) is 0.533. The number of nitriles is 1. The van der Waals surface area contributed by atoms with E-state index in [1.165, 1.54) is 16.8 Å². The van der Waals surface area contributed by atoms with E-state index in [0.29, 0.717) is 12.3 Å². The van der Waals surface area contributed by atoms with Crippen molar-refractivity contribution >= 4 is 5.69 Å². The Bertz CT molecular complexity index is 402. The van der Waals surface area contributed by atoms with E-state index < -0.39 is 0 Å². The highest BCUT2D eigenvalue weighted by Gasteiger charge is 2.08. The monoisotopic (exact) mass is 230 g/mol. The molecule has 1 rings (SSSR count). The molecule has 0 saturated carbocycles. The number of anilines is 1. The van der Waals surface area contributed by atoms with Crippen molar-refractivity contribution in [2.75, 3.05) is 18.0 Å². The fourth-order valence-electron chi connectivity index (χ4n) is 2.16. The Balaban J connectivity index is 2.91. The third-order valence-electron chi connectivity index (χ3n) is 3.12. The van der Waals surface area contributed by atoms with Gasteiger partial charge in [0, 0.05) is 18.8 Å². The lowest BCUT2D eigenvalue weighted by molar-refractivity contribution is 0.820. The summed E-state index contributed by atoms with van der Waals surface area (Å²) in [5.41, 5.74) is 3.97. The average Bonchev–Trinajstić information content (AvgIpc) is 2.29. The smallest absolute Gasteiger partial charge is 0.0640 e. The molecule has 0 unspecified atom stereocenters. The van der Waals surface area contributed by atoms with Gasteiger partial charge in [-0.2, -0.15) is 5.26 Å². The number of aryl methyl sites for hydroxylation is 1. The third kappa shape index (κ3) is 3.49. The standard InChI is InChI=1S/C15H22N2/c1-5-17(10-6-9-16)14-7-8-15(12(2)3)13(4)11-14/h7-8,11-12H,5-6,10H2,1-4H3. The van der Waals surface area contributed by atoms with E-state index in [0.717, 1.165) is 13.1 Å². The predicted molar refractivity (Wildman–Crippen MR) is 73.4 cm³/mol. The molecule has 0 saturated heterocycles. The van der Waals surface area contributed by atoms with Crippen LogP contribution in [0.25, 0.3) is 0 Å². The lowest BCUT2D eigenvalue weighted by atomic mass is 9.97. The Morgan fingerprint density at radius 3 is 2.53 bits per heavy atom. The van der Waals surface area contributed by atoms with E-state index in [4.69, 9.17) is 5.26 Å². The van der Waals surface area contributed by atoms with E-state index in [2.05, 4.69) is 56.9 Å². The fourth-order valence-corrected chi connectivity index (χ4v) is 2.16. The minimum atomic E-state index is 0.568. The van der Waals surface area contributed by atoms with E-state index in [1.807, 2.05) is 0 Å². The summed E-state index contributed by atoms with van der Waals surface area (Å²) >= 11 is 0. The first-order valence-electron chi connectivity index (χ1n) is 6.32. The van der Waals surface area contributed by atoms with E-state index in [1.54, 1.807) is 0 Å². The highest BCUT2D eigenvalue weighted by Crippen LogP contribution is 2.24. The zero-order valence-electron chi connectivity index (χ0n) is 11.3. The molecule has 0 atom stereocenters. The van der Waals surface area contributed by atoms with Gasteiger partial charge >= 0.3 is 0 Å². The van der Waals surface area contributed by atoms with Crippen LogP contribution < -0.4 is 4.90 Å². The molecule has 17 heavy (non-hydrogen) atoms.